The highest BCUT2D eigenvalue weighted by atomic mass is 16.2. The highest BCUT2D eigenvalue weighted by molar-refractivity contribution is 6.48. The Kier molecular flexibility index (Phi) is 2.91. The van der Waals surface area contributed by atoms with Gasteiger partial charge < -0.3 is 4.98 Å². The molecule has 4 nitrogen and oxygen atoms in total. The number of benzene rings is 2. The Morgan fingerprint density at radius 3 is 2.30 bits per heavy atom. The molecule has 0 saturated carbocycles. The molecule has 2 amide bonds. The van der Waals surface area contributed by atoms with Gasteiger partial charge in [-0.1, -0.05) is 36.4 Å². The molecule has 1 aliphatic rings. The minimum atomic E-state index is -0.277. The van der Waals surface area contributed by atoms with Crippen LogP contribution in [0.4, 0.5) is 0 Å². The van der Waals surface area contributed by atoms with Crippen molar-refractivity contribution in [1.29, 1.82) is 0 Å². The van der Waals surface area contributed by atoms with Crippen molar-refractivity contribution in [3.8, 4) is 0 Å². The summed E-state index contributed by atoms with van der Waals surface area (Å²) in [4.78, 5) is 29.3. The summed E-state index contributed by atoms with van der Waals surface area (Å²) < 4.78 is 0. The van der Waals surface area contributed by atoms with E-state index in [2.05, 4.69) is 4.98 Å². The molecule has 0 unspecified atom stereocenters. The molecular formula is C19H14N2O2. The first-order valence-corrected chi connectivity index (χ1v) is 7.36. The fraction of sp³-hybridized carbons (Fsp3) is 0.0526. The molecule has 0 bridgehead atoms. The van der Waals surface area contributed by atoms with Crippen LogP contribution < -0.4 is 0 Å². The Bertz CT molecular complexity index is 968. The maximum atomic E-state index is 12.6. The zero-order chi connectivity index (χ0) is 16.0. The SMILES string of the molecule is CN1C(=O)C(c2ccc3ccccc3c2)=C(c2ccc[nH]2)C1=O. The Balaban J connectivity index is 1.98. The number of imide groups is 1. The number of hydrogen-bond donors (Lipinski definition) is 1. The predicted octanol–water partition coefficient (Wildman–Crippen LogP) is 3.08. The zero-order valence-electron chi connectivity index (χ0n) is 12.5. The Morgan fingerprint density at radius 2 is 1.57 bits per heavy atom. The van der Waals surface area contributed by atoms with Gasteiger partial charge in [-0.3, -0.25) is 14.5 Å². The predicted molar refractivity (Wildman–Crippen MR) is 89.3 cm³/mol. The van der Waals surface area contributed by atoms with Crippen molar-refractivity contribution < 1.29 is 9.59 Å². The van der Waals surface area contributed by atoms with Crippen LogP contribution in [0.5, 0.6) is 0 Å². The van der Waals surface area contributed by atoms with Crippen LogP contribution in [-0.4, -0.2) is 28.7 Å². The average molecular weight is 302 g/mol. The van der Waals surface area contributed by atoms with Crippen LogP contribution in [0.25, 0.3) is 21.9 Å². The van der Waals surface area contributed by atoms with Crippen LogP contribution >= 0.6 is 0 Å². The molecule has 3 aromatic rings. The number of hydrogen-bond acceptors (Lipinski definition) is 2. The number of likely N-dealkylation sites (N-methyl/N-ethyl adjacent to an activating group) is 1. The van der Waals surface area contributed by atoms with Crippen molar-refractivity contribution in [1.82, 2.24) is 9.88 Å². The normalized spacial score (nSPS) is 15.1. The molecule has 2 heterocycles. The van der Waals surface area contributed by atoms with Crippen LogP contribution in [0.3, 0.4) is 0 Å². The van der Waals surface area contributed by atoms with Gasteiger partial charge >= 0.3 is 0 Å². The molecule has 1 aliphatic heterocycles. The summed E-state index contributed by atoms with van der Waals surface area (Å²) in [5, 5.41) is 2.14. The van der Waals surface area contributed by atoms with Crippen LogP contribution in [0.1, 0.15) is 11.3 Å². The van der Waals surface area contributed by atoms with Gasteiger partial charge in [-0.15, -0.1) is 0 Å². The third kappa shape index (κ3) is 1.99. The zero-order valence-corrected chi connectivity index (χ0v) is 12.5. The van der Waals surface area contributed by atoms with Gasteiger partial charge in [0, 0.05) is 13.2 Å². The summed E-state index contributed by atoms with van der Waals surface area (Å²) in [5.74, 6) is -0.546. The molecular weight excluding hydrogens is 288 g/mol. The number of carbonyl (C=O) groups excluding carboxylic acids is 2. The van der Waals surface area contributed by atoms with E-state index in [0.717, 1.165) is 16.3 Å². The van der Waals surface area contributed by atoms with E-state index in [1.807, 2.05) is 48.5 Å². The molecule has 0 aliphatic carbocycles. The van der Waals surface area contributed by atoms with E-state index in [1.165, 1.54) is 11.9 Å². The molecule has 4 heteroatoms. The van der Waals surface area contributed by atoms with E-state index in [0.29, 0.717) is 16.8 Å². The summed E-state index contributed by atoms with van der Waals surface area (Å²) in [6.07, 6.45) is 1.75. The summed E-state index contributed by atoms with van der Waals surface area (Å²) in [5.41, 5.74) is 2.30. The van der Waals surface area contributed by atoms with E-state index >= 15 is 0 Å². The number of amides is 2. The van der Waals surface area contributed by atoms with Gasteiger partial charge in [0.05, 0.1) is 16.8 Å². The first-order chi connectivity index (χ1) is 11.2. The third-order valence-corrected chi connectivity index (χ3v) is 4.19. The second kappa shape index (κ2) is 4.95. The van der Waals surface area contributed by atoms with Crippen LogP contribution in [0.2, 0.25) is 0 Å². The van der Waals surface area contributed by atoms with Crippen molar-refractivity contribution in [3.05, 3.63) is 72.1 Å². The molecule has 1 N–H and O–H groups in total. The molecule has 4 rings (SSSR count). The standard InChI is InChI=1S/C19H14N2O2/c1-21-18(22)16(17(19(21)23)15-7-4-10-20-15)14-9-8-12-5-2-3-6-13(12)11-14/h2-11,20H,1H3. The fourth-order valence-electron chi connectivity index (χ4n) is 2.99. The highest BCUT2D eigenvalue weighted by Gasteiger charge is 2.37. The van der Waals surface area contributed by atoms with Crippen LogP contribution in [-0.2, 0) is 9.59 Å². The number of H-pyrrole nitrogens is 1. The largest absolute Gasteiger partial charge is 0.361 e. The van der Waals surface area contributed by atoms with Gasteiger partial charge in [-0.2, -0.15) is 0 Å². The number of fused-ring (bicyclic) bond motifs is 1. The quantitative estimate of drug-likeness (QED) is 0.740. The van der Waals surface area contributed by atoms with Gasteiger partial charge in [-0.25, -0.2) is 0 Å². The highest BCUT2D eigenvalue weighted by Crippen LogP contribution is 2.35. The smallest absolute Gasteiger partial charge is 0.263 e. The second-order valence-corrected chi connectivity index (χ2v) is 5.57. The number of aromatic nitrogens is 1. The topological polar surface area (TPSA) is 53.2 Å². The van der Waals surface area contributed by atoms with Gasteiger partial charge in [0.25, 0.3) is 11.8 Å². The Morgan fingerprint density at radius 1 is 0.826 bits per heavy atom. The molecule has 0 atom stereocenters. The molecule has 1 aromatic heterocycles. The second-order valence-electron chi connectivity index (χ2n) is 5.57. The molecule has 112 valence electrons. The van der Waals surface area contributed by atoms with E-state index in [1.54, 1.807) is 12.3 Å². The maximum absolute atomic E-state index is 12.6. The summed E-state index contributed by atoms with van der Waals surface area (Å²) in [6.45, 7) is 0. The summed E-state index contributed by atoms with van der Waals surface area (Å²) in [7, 11) is 1.52. The molecule has 23 heavy (non-hydrogen) atoms. The monoisotopic (exact) mass is 302 g/mol. The molecule has 2 aromatic carbocycles. The third-order valence-electron chi connectivity index (χ3n) is 4.19. The van der Waals surface area contributed by atoms with Gasteiger partial charge in [0.2, 0.25) is 0 Å². The number of aromatic amines is 1. The lowest BCUT2D eigenvalue weighted by atomic mass is 9.97. The van der Waals surface area contributed by atoms with Crippen molar-refractivity contribution >= 4 is 33.7 Å². The molecule has 0 spiro atoms. The van der Waals surface area contributed by atoms with E-state index < -0.39 is 0 Å². The minimum Gasteiger partial charge on any atom is -0.361 e. The molecule has 0 saturated heterocycles. The van der Waals surface area contributed by atoms with Crippen molar-refractivity contribution in [2.24, 2.45) is 0 Å². The van der Waals surface area contributed by atoms with Crippen LogP contribution in [0, 0.1) is 0 Å². The van der Waals surface area contributed by atoms with Crippen molar-refractivity contribution in [3.63, 3.8) is 0 Å². The minimum absolute atomic E-state index is 0.269. The summed E-state index contributed by atoms with van der Waals surface area (Å²) >= 11 is 0. The molecule has 0 radical (unpaired) electrons. The lowest BCUT2D eigenvalue weighted by molar-refractivity contribution is -0.134. The number of nitrogens with zero attached hydrogens (tertiary/aromatic N) is 1. The van der Waals surface area contributed by atoms with Gasteiger partial charge in [-0.05, 0) is 34.5 Å². The van der Waals surface area contributed by atoms with Crippen molar-refractivity contribution in [2.75, 3.05) is 7.05 Å². The fourth-order valence-corrected chi connectivity index (χ4v) is 2.99. The average Bonchev–Trinajstić information content (AvgIpc) is 3.17. The Hall–Kier alpha value is -3.14. The van der Waals surface area contributed by atoms with Crippen LogP contribution in [0.15, 0.2) is 60.8 Å². The van der Waals surface area contributed by atoms with E-state index in [-0.39, 0.29) is 11.8 Å². The first kappa shape index (κ1) is 13.5. The molecule has 0 fully saturated rings. The van der Waals surface area contributed by atoms with Gasteiger partial charge in [0.15, 0.2) is 0 Å². The lowest BCUT2D eigenvalue weighted by Gasteiger charge is -2.07. The maximum Gasteiger partial charge on any atom is 0.263 e. The summed E-state index contributed by atoms with van der Waals surface area (Å²) in [6, 6.07) is 17.4. The number of carbonyl (C=O) groups is 2. The van der Waals surface area contributed by atoms with E-state index in [4.69, 9.17) is 0 Å². The van der Waals surface area contributed by atoms with E-state index in [9.17, 15) is 9.59 Å². The Labute approximate surface area is 133 Å². The van der Waals surface area contributed by atoms with Gasteiger partial charge in [0.1, 0.15) is 0 Å². The number of nitrogens with one attached hydrogen (secondary N) is 1. The van der Waals surface area contributed by atoms with Crippen molar-refractivity contribution in [2.45, 2.75) is 0 Å². The lowest BCUT2D eigenvalue weighted by Crippen LogP contribution is -2.26. The first-order valence-electron chi connectivity index (χ1n) is 7.36. The number of rotatable bonds is 2.